The smallest absolute Gasteiger partial charge is 0.342 e. The van der Waals surface area contributed by atoms with Gasteiger partial charge in [0.15, 0.2) is 0 Å². The molecule has 4 rings (SSSR count). The van der Waals surface area contributed by atoms with Crippen LogP contribution in [-0.2, 0) is 9.53 Å². The van der Waals surface area contributed by atoms with E-state index in [1.165, 1.54) is 24.3 Å². The molecule has 1 heterocycles. The maximum atomic E-state index is 14.3. The standard InChI is InChI=1S/C19H12ClF3O3/c20-11-5-1-9(2-6-11)17-16(15-13(22)7-12(21)8-14(15)23)18(24)26-19(17,25)10-3-4-10/h1-2,5-8,10,25H,3-4H2. The van der Waals surface area contributed by atoms with Gasteiger partial charge in [-0.15, -0.1) is 0 Å². The number of rotatable bonds is 3. The quantitative estimate of drug-likeness (QED) is 0.806. The number of benzene rings is 2. The summed E-state index contributed by atoms with van der Waals surface area (Å²) < 4.78 is 47.1. The Morgan fingerprint density at radius 1 is 1.08 bits per heavy atom. The fourth-order valence-electron chi connectivity index (χ4n) is 3.26. The van der Waals surface area contributed by atoms with Gasteiger partial charge in [-0.1, -0.05) is 23.7 Å². The second kappa shape index (κ2) is 5.86. The van der Waals surface area contributed by atoms with E-state index in [1.807, 2.05) is 0 Å². The molecule has 1 unspecified atom stereocenters. The van der Waals surface area contributed by atoms with Crippen molar-refractivity contribution in [3.8, 4) is 0 Å². The van der Waals surface area contributed by atoms with Crippen molar-refractivity contribution in [2.75, 3.05) is 0 Å². The first-order valence-corrected chi connectivity index (χ1v) is 8.30. The minimum absolute atomic E-state index is 0.0360. The monoisotopic (exact) mass is 380 g/mol. The average Bonchev–Trinajstić information content (AvgIpc) is 3.36. The van der Waals surface area contributed by atoms with Crippen molar-refractivity contribution in [1.82, 2.24) is 0 Å². The predicted molar refractivity (Wildman–Crippen MR) is 88.3 cm³/mol. The highest BCUT2D eigenvalue weighted by atomic mass is 35.5. The van der Waals surface area contributed by atoms with Crippen LogP contribution in [0.25, 0.3) is 11.1 Å². The summed E-state index contributed by atoms with van der Waals surface area (Å²) in [6.07, 6.45) is 1.20. The number of ether oxygens (including phenoxy) is 1. The number of carbonyl (C=O) groups is 1. The Bertz CT molecular complexity index is 928. The lowest BCUT2D eigenvalue weighted by Gasteiger charge is -2.25. The molecule has 3 nitrogen and oxygen atoms in total. The lowest BCUT2D eigenvalue weighted by molar-refractivity contribution is -0.180. The molecule has 26 heavy (non-hydrogen) atoms. The minimum Gasteiger partial charge on any atom is -0.425 e. The zero-order valence-electron chi connectivity index (χ0n) is 13.2. The maximum absolute atomic E-state index is 14.3. The molecule has 0 amide bonds. The van der Waals surface area contributed by atoms with Gasteiger partial charge in [-0.3, -0.25) is 0 Å². The van der Waals surface area contributed by atoms with Gasteiger partial charge in [0, 0.05) is 28.6 Å². The van der Waals surface area contributed by atoms with Crippen LogP contribution in [0.2, 0.25) is 5.02 Å². The first kappa shape index (κ1) is 17.1. The van der Waals surface area contributed by atoms with Crippen LogP contribution in [0.15, 0.2) is 36.4 Å². The summed E-state index contributed by atoms with van der Waals surface area (Å²) in [4.78, 5) is 12.5. The number of carbonyl (C=O) groups excluding carboxylic acids is 1. The topological polar surface area (TPSA) is 46.5 Å². The van der Waals surface area contributed by atoms with Gasteiger partial charge in [0.2, 0.25) is 5.79 Å². The summed E-state index contributed by atoms with van der Waals surface area (Å²) >= 11 is 5.88. The highest BCUT2D eigenvalue weighted by Crippen LogP contribution is 2.54. The van der Waals surface area contributed by atoms with Gasteiger partial charge in [0.1, 0.15) is 17.5 Å². The van der Waals surface area contributed by atoms with Crippen molar-refractivity contribution < 1.29 is 27.8 Å². The van der Waals surface area contributed by atoms with Gasteiger partial charge in [0.05, 0.1) is 11.1 Å². The number of esters is 1. The van der Waals surface area contributed by atoms with Crippen molar-refractivity contribution in [3.63, 3.8) is 0 Å². The predicted octanol–water partition coefficient (Wildman–Crippen LogP) is 4.32. The van der Waals surface area contributed by atoms with E-state index in [1.54, 1.807) is 0 Å². The summed E-state index contributed by atoms with van der Waals surface area (Å²) in [5.41, 5.74) is -0.867. The van der Waals surface area contributed by atoms with E-state index in [9.17, 15) is 23.1 Å². The normalized spacial score (nSPS) is 22.7. The third kappa shape index (κ3) is 2.61. The van der Waals surface area contributed by atoms with Crippen molar-refractivity contribution in [1.29, 1.82) is 0 Å². The Hall–Kier alpha value is -2.31. The van der Waals surface area contributed by atoms with Crippen LogP contribution in [0.4, 0.5) is 13.2 Å². The van der Waals surface area contributed by atoms with Gasteiger partial charge in [-0.2, -0.15) is 0 Å². The second-order valence-corrected chi connectivity index (χ2v) is 6.80. The molecule has 134 valence electrons. The number of aliphatic hydroxyl groups is 1. The van der Waals surface area contributed by atoms with Crippen molar-refractivity contribution in [2.24, 2.45) is 5.92 Å². The Kier molecular flexibility index (Phi) is 3.86. The van der Waals surface area contributed by atoms with Crippen LogP contribution in [0, 0.1) is 23.4 Å². The number of hydrogen-bond donors (Lipinski definition) is 1. The third-order valence-electron chi connectivity index (χ3n) is 4.58. The second-order valence-electron chi connectivity index (χ2n) is 6.36. The molecule has 1 atom stereocenters. The van der Waals surface area contributed by atoms with Crippen LogP contribution in [0.3, 0.4) is 0 Å². The van der Waals surface area contributed by atoms with Crippen LogP contribution in [0.5, 0.6) is 0 Å². The van der Waals surface area contributed by atoms with E-state index in [0.29, 0.717) is 35.6 Å². The largest absolute Gasteiger partial charge is 0.425 e. The Balaban J connectivity index is 2.02. The van der Waals surface area contributed by atoms with Gasteiger partial charge in [0.25, 0.3) is 0 Å². The Morgan fingerprint density at radius 3 is 2.19 bits per heavy atom. The number of halogens is 4. The molecule has 1 aliphatic heterocycles. The first-order chi connectivity index (χ1) is 12.3. The van der Waals surface area contributed by atoms with Gasteiger partial charge < -0.3 is 9.84 Å². The van der Waals surface area contributed by atoms with E-state index in [0.717, 1.165) is 0 Å². The molecule has 1 N–H and O–H groups in total. The molecular formula is C19H12ClF3O3. The van der Waals surface area contributed by atoms with Gasteiger partial charge in [-0.25, -0.2) is 18.0 Å². The molecule has 1 aliphatic carbocycles. The molecule has 0 spiro atoms. The lowest BCUT2D eigenvalue weighted by Crippen LogP contribution is -2.33. The Morgan fingerprint density at radius 2 is 1.65 bits per heavy atom. The van der Waals surface area contributed by atoms with Crippen LogP contribution >= 0.6 is 11.6 Å². The highest BCUT2D eigenvalue weighted by molar-refractivity contribution is 6.31. The van der Waals surface area contributed by atoms with Gasteiger partial charge in [-0.05, 0) is 30.5 Å². The third-order valence-corrected chi connectivity index (χ3v) is 4.83. The summed E-state index contributed by atoms with van der Waals surface area (Å²) in [7, 11) is 0. The molecule has 0 saturated heterocycles. The van der Waals surface area contributed by atoms with E-state index in [4.69, 9.17) is 16.3 Å². The molecular weight excluding hydrogens is 369 g/mol. The summed E-state index contributed by atoms with van der Waals surface area (Å²) in [5.74, 6) is -7.04. The zero-order valence-corrected chi connectivity index (χ0v) is 14.0. The molecule has 0 aromatic heterocycles. The van der Waals surface area contributed by atoms with Crippen LogP contribution in [0.1, 0.15) is 24.0 Å². The van der Waals surface area contributed by atoms with E-state index in [2.05, 4.69) is 0 Å². The van der Waals surface area contributed by atoms with Gasteiger partial charge >= 0.3 is 5.97 Å². The molecule has 2 aromatic carbocycles. The number of cyclic esters (lactones) is 1. The molecule has 2 aliphatic rings. The fourth-order valence-corrected chi connectivity index (χ4v) is 3.39. The van der Waals surface area contributed by atoms with E-state index < -0.39 is 40.3 Å². The summed E-state index contributed by atoms with van der Waals surface area (Å²) in [6, 6.07) is 7.04. The average molecular weight is 381 g/mol. The fraction of sp³-hybridized carbons (Fsp3) is 0.211. The highest BCUT2D eigenvalue weighted by Gasteiger charge is 2.57. The Labute approximate surface area is 151 Å². The van der Waals surface area contributed by atoms with Crippen LogP contribution < -0.4 is 0 Å². The minimum atomic E-state index is -1.99. The first-order valence-electron chi connectivity index (χ1n) is 7.92. The SMILES string of the molecule is O=C1OC(O)(C2CC2)C(c2ccc(Cl)cc2)=C1c1c(F)cc(F)cc1F. The summed E-state index contributed by atoms with van der Waals surface area (Å²) in [6.45, 7) is 0. The summed E-state index contributed by atoms with van der Waals surface area (Å²) in [5, 5.41) is 11.4. The number of hydrogen-bond acceptors (Lipinski definition) is 3. The van der Waals surface area contributed by atoms with Crippen LogP contribution in [-0.4, -0.2) is 16.9 Å². The zero-order chi connectivity index (χ0) is 18.6. The molecule has 1 fully saturated rings. The van der Waals surface area contributed by atoms with E-state index in [-0.39, 0.29) is 11.5 Å². The molecule has 7 heteroatoms. The lowest BCUT2D eigenvalue weighted by atomic mass is 9.88. The molecule has 1 saturated carbocycles. The molecule has 0 bridgehead atoms. The van der Waals surface area contributed by atoms with Crippen molar-refractivity contribution in [2.45, 2.75) is 18.6 Å². The van der Waals surface area contributed by atoms with Crippen molar-refractivity contribution in [3.05, 3.63) is 70.0 Å². The molecule has 2 aromatic rings. The molecule has 0 radical (unpaired) electrons. The van der Waals surface area contributed by atoms with Crippen molar-refractivity contribution >= 4 is 28.7 Å². The maximum Gasteiger partial charge on any atom is 0.342 e. The van der Waals surface area contributed by atoms with E-state index >= 15 is 0 Å².